The van der Waals surface area contributed by atoms with Gasteiger partial charge in [-0.2, -0.15) is 5.10 Å². The molecule has 0 unspecified atom stereocenters. The third-order valence-electron chi connectivity index (χ3n) is 2.40. The van der Waals surface area contributed by atoms with E-state index in [4.69, 9.17) is 16.3 Å². The molecule has 0 radical (unpaired) electrons. The number of halogens is 1. The zero-order valence-corrected chi connectivity index (χ0v) is 10.1. The highest BCUT2D eigenvalue weighted by Crippen LogP contribution is 2.29. The van der Waals surface area contributed by atoms with Crippen LogP contribution in [0, 0.1) is 0 Å². The zero-order valence-electron chi connectivity index (χ0n) is 9.33. The normalized spacial score (nSPS) is 10.9. The fraction of sp³-hybridized carbons (Fsp3) is 0.364. The summed E-state index contributed by atoms with van der Waals surface area (Å²) >= 11 is 6.03. The van der Waals surface area contributed by atoms with Crippen molar-refractivity contribution in [1.29, 1.82) is 0 Å². The Bertz CT molecular complexity index is 495. The highest BCUT2D eigenvalue weighted by atomic mass is 35.5. The third kappa shape index (κ3) is 2.13. The van der Waals surface area contributed by atoms with E-state index in [-0.39, 0.29) is 0 Å². The van der Waals surface area contributed by atoms with Crippen LogP contribution < -0.4 is 10.1 Å². The molecule has 0 atom stereocenters. The Morgan fingerprint density at radius 2 is 2.31 bits per heavy atom. The lowest BCUT2D eigenvalue weighted by atomic mass is 10.2. The van der Waals surface area contributed by atoms with Crippen LogP contribution in [0.25, 0.3) is 10.9 Å². The van der Waals surface area contributed by atoms with Crippen molar-refractivity contribution in [2.75, 3.05) is 20.2 Å². The molecule has 2 aromatic rings. The maximum Gasteiger partial charge on any atom is 0.131 e. The Balaban J connectivity index is 2.35. The second-order valence-corrected chi connectivity index (χ2v) is 3.99. The number of benzene rings is 1. The summed E-state index contributed by atoms with van der Waals surface area (Å²) in [7, 11) is 3.77. The van der Waals surface area contributed by atoms with Gasteiger partial charge in [-0.3, -0.25) is 4.68 Å². The van der Waals surface area contributed by atoms with Crippen molar-refractivity contribution >= 4 is 22.5 Å². The topological polar surface area (TPSA) is 39.1 Å². The van der Waals surface area contributed by atoms with Gasteiger partial charge in [0.1, 0.15) is 12.4 Å². The Morgan fingerprint density at radius 3 is 3.06 bits per heavy atom. The number of aromatic nitrogens is 2. The third-order valence-corrected chi connectivity index (χ3v) is 2.62. The lowest BCUT2D eigenvalue weighted by Crippen LogP contribution is -2.16. The lowest BCUT2D eigenvalue weighted by Gasteiger charge is -2.07. The van der Waals surface area contributed by atoms with Gasteiger partial charge >= 0.3 is 0 Å². The van der Waals surface area contributed by atoms with Crippen LogP contribution in [0.15, 0.2) is 18.3 Å². The van der Waals surface area contributed by atoms with Gasteiger partial charge in [-0.25, -0.2) is 0 Å². The summed E-state index contributed by atoms with van der Waals surface area (Å²) in [5.74, 6) is 0.783. The average Bonchev–Trinajstić information content (AvgIpc) is 2.61. The summed E-state index contributed by atoms with van der Waals surface area (Å²) in [6.07, 6.45) is 1.79. The van der Waals surface area contributed by atoms with Gasteiger partial charge in [-0.1, -0.05) is 11.6 Å². The lowest BCUT2D eigenvalue weighted by molar-refractivity contribution is 0.322. The number of hydrogen-bond donors (Lipinski definition) is 1. The molecule has 2 rings (SSSR count). The zero-order chi connectivity index (χ0) is 11.5. The maximum atomic E-state index is 6.03. The van der Waals surface area contributed by atoms with Gasteiger partial charge in [0.25, 0.3) is 0 Å². The standard InChI is InChI=1S/C11H14ClN3O/c1-13-3-4-16-11-6-8(12)5-10-9(11)7-14-15(10)2/h5-7,13H,3-4H2,1-2H3. The maximum absolute atomic E-state index is 6.03. The average molecular weight is 240 g/mol. The van der Waals surface area contributed by atoms with Crippen LogP contribution in [-0.2, 0) is 7.05 Å². The molecule has 4 nitrogen and oxygen atoms in total. The fourth-order valence-electron chi connectivity index (χ4n) is 1.57. The second kappa shape index (κ2) is 4.72. The van der Waals surface area contributed by atoms with Crippen LogP contribution in [0.5, 0.6) is 5.75 Å². The van der Waals surface area contributed by atoms with Crippen molar-refractivity contribution in [1.82, 2.24) is 15.1 Å². The van der Waals surface area contributed by atoms with E-state index in [1.54, 1.807) is 10.9 Å². The van der Waals surface area contributed by atoms with E-state index in [1.807, 2.05) is 26.2 Å². The molecule has 0 aliphatic carbocycles. The smallest absolute Gasteiger partial charge is 0.131 e. The van der Waals surface area contributed by atoms with Crippen molar-refractivity contribution in [3.63, 3.8) is 0 Å². The summed E-state index contributed by atoms with van der Waals surface area (Å²) < 4.78 is 7.44. The van der Waals surface area contributed by atoms with Crippen LogP contribution in [0.3, 0.4) is 0 Å². The number of fused-ring (bicyclic) bond motifs is 1. The summed E-state index contributed by atoms with van der Waals surface area (Å²) in [6, 6.07) is 3.70. The number of ether oxygens (including phenoxy) is 1. The first kappa shape index (κ1) is 11.2. The quantitative estimate of drug-likeness (QED) is 0.828. The van der Waals surface area contributed by atoms with Crippen LogP contribution in [-0.4, -0.2) is 30.0 Å². The summed E-state index contributed by atoms with van der Waals surface area (Å²) in [5, 5.41) is 8.87. The van der Waals surface area contributed by atoms with Crippen molar-refractivity contribution in [2.45, 2.75) is 0 Å². The first-order valence-corrected chi connectivity index (χ1v) is 5.49. The van der Waals surface area contributed by atoms with Gasteiger partial charge < -0.3 is 10.1 Å². The molecule has 0 aliphatic rings. The first-order valence-electron chi connectivity index (χ1n) is 5.11. The molecule has 0 fully saturated rings. The number of nitrogens with one attached hydrogen (secondary N) is 1. The molecule has 1 N–H and O–H groups in total. The minimum atomic E-state index is 0.612. The fourth-order valence-corrected chi connectivity index (χ4v) is 1.77. The van der Waals surface area contributed by atoms with Crippen LogP contribution in [0.2, 0.25) is 5.02 Å². The SMILES string of the molecule is CNCCOc1cc(Cl)cc2c1cnn2C. The van der Waals surface area contributed by atoms with E-state index in [0.29, 0.717) is 11.6 Å². The molecule has 0 spiro atoms. The van der Waals surface area contributed by atoms with E-state index in [2.05, 4.69) is 10.4 Å². The minimum absolute atomic E-state index is 0.612. The molecule has 86 valence electrons. The number of aryl methyl sites for hydroxylation is 1. The number of nitrogens with zero attached hydrogens (tertiary/aromatic N) is 2. The Kier molecular flexibility index (Phi) is 3.31. The van der Waals surface area contributed by atoms with E-state index >= 15 is 0 Å². The minimum Gasteiger partial charge on any atom is -0.491 e. The molecule has 0 aliphatic heterocycles. The van der Waals surface area contributed by atoms with Crippen LogP contribution in [0.1, 0.15) is 0 Å². The first-order chi connectivity index (χ1) is 7.72. The highest BCUT2D eigenvalue weighted by Gasteiger charge is 2.08. The van der Waals surface area contributed by atoms with Crippen LogP contribution in [0.4, 0.5) is 0 Å². The van der Waals surface area contributed by atoms with Gasteiger partial charge in [0.15, 0.2) is 0 Å². The molecule has 1 aromatic heterocycles. The summed E-state index contributed by atoms with van der Waals surface area (Å²) in [4.78, 5) is 0. The largest absolute Gasteiger partial charge is 0.491 e. The Morgan fingerprint density at radius 1 is 1.50 bits per heavy atom. The van der Waals surface area contributed by atoms with Crippen LogP contribution >= 0.6 is 11.6 Å². The van der Waals surface area contributed by atoms with E-state index in [9.17, 15) is 0 Å². The monoisotopic (exact) mass is 239 g/mol. The number of likely N-dealkylation sites (N-methyl/N-ethyl adjacent to an activating group) is 1. The molecule has 0 saturated carbocycles. The summed E-state index contributed by atoms with van der Waals surface area (Å²) in [6.45, 7) is 1.41. The Hall–Kier alpha value is -1.26. The van der Waals surface area contributed by atoms with E-state index < -0.39 is 0 Å². The van der Waals surface area contributed by atoms with Gasteiger partial charge in [0.2, 0.25) is 0 Å². The van der Waals surface area contributed by atoms with Gasteiger partial charge in [-0.15, -0.1) is 0 Å². The summed E-state index contributed by atoms with van der Waals surface area (Å²) in [5.41, 5.74) is 0.979. The highest BCUT2D eigenvalue weighted by molar-refractivity contribution is 6.31. The van der Waals surface area contributed by atoms with E-state index in [1.165, 1.54) is 0 Å². The molecule has 0 saturated heterocycles. The molecule has 5 heteroatoms. The number of hydrogen-bond acceptors (Lipinski definition) is 3. The van der Waals surface area contributed by atoms with Gasteiger partial charge in [0.05, 0.1) is 17.1 Å². The molecule has 16 heavy (non-hydrogen) atoms. The predicted octanol–water partition coefficient (Wildman–Crippen LogP) is 1.82. The Labute approximate surface area is 99.1 Å². The molecule has 0 amide bonds. The molecule has 1 aromatic carbocycles. The van der Waals surface area contributed by atoms with Crippen molar-refractivity contribution in [3.05, 3.63) is 23.4 Å². The van der Waals surface area contributed by atoms with Gasteiger partial charge in [0, 0.05) is 18.6 Å². The molecular formula is C11H14ClN3O. The van der Waals surface area contributed by atoms with E-state index in [0.717, 1.165) is 23.2 Å². The predicted molar refractivity (Wildman–Crippen MR) is 65.1 cm³/mol. The van der Waals surface area contributed by atoms with Gasteiger partial charge in [-0.05, 0) is 19.2 Å². The number of rotatable bonds is 4. The molecule has 0 bridgehead atoms. The second-order valence-electron chi connectivity index (χ2n) is 3.56. The van der Waals surface area contributed by atoms with Crippen molar-refractivity contribution in [3.8, 4) is 5.75 Å². The molecular weight excluding hydrogens is 226 g/mol. The van der Waals surface area contributed by atoms with Crippen molar-refractivity contribution < 1.29 is 4.74 Å². The molecule has 1 heterocycles. The van der Waals surface area contributed by atoms with Crippen molar-refractivity contribution in [2.24, 2.45) is 7.05 Å².